The first kappa shape index (κ1) is 20.4. The Labute approximate surface area is 163 Å². The first-order valence-electron chi connectivity index (χ1n) is 9.29. The summed E-state index contributed by atoms with van der Waals surface area (Å²) >= 11 is 0. The van der Waals surface area contributed by atoms with E-state index in [0.717, 1.165) is 32.4 Å². The summed E-state index contributed by atoms with van der Waals surface area (Å²) in [4.78, 5) is 15.0. The number of nitrogens with zero attached hydrogens (tertiary/aromatic N) is 2. The van der Waals surface area contributed by atoms with Gasteiger partial charge >= 0.3 is 5.97 Å². The molecule has 1 aromatic heterocycles. The van der Waals surface area contributed by atoms with Gasteiger partial charge in [-0.1, -0.05) is 17.3 Å². The van der Waals surface area contributed by atoms with E-state index < -0.39 is 16.0 Å². The van der Waals surface area contributed by atoms with E-state index in [9.17, 15) is 13.2 Å². The molecule has 3 rings (SSSR count). The third-order valence-corrected chi connectivity index (χ3v) is 6.19. The van der Waals surface area contributed by atoms with Gasteiger partial charge in [0.15, 0.2) is 0 Å². The van der Waals surface area contributed by atoms with Crippen molar-refractivity contribution in [2.45, 2.75) is 37.0 Å². The molecule has 3 N–H and O–H groups in total. The molecule has 1 aromatic carbocycles. The molecule has 0 bridgehead atoms. The topological polar surface area (TPSA) is 134 Å². The Kier molecular flexibility index (Phi) is 6.76. The van der Waals surface area contributed by atoms with E-state index >= 15 is 0 Å². The predicted octanol–water partition coefficient (Wildman–Crippen LogP) is 1.42. The SMILES string of the molecule is O=C(O)CCNS(=O)(=O)c1cccc(-c2noc(CCC3CCNCC3)n2)c1. The van der Waals surface area contributed by atoms with Crippen molar-refractivity contribution in [1.82, 2.24) is 20.2 Å². The summed E-state index contributed by atoms with van der Waals surface area (Å²) in [6.07, 6.45) is 3.70. The third kappa shape index (κ3) is 5.60. The van der Waals surface area contributed by atoms with Crippen LogP contribution in [0.15, 0.2) is 33.7 Å². The third-order valence-electron chi connectivity index (χ3n) is 4.73. The maximum absolute atomic E-state index is 12.3. The predicted molar refractivity (Wildman–Crippen MR) is 101 cm³/mol. The molecule has 2 aromatic rings. The van der Waals surface area contributed by atoms with Crippen LogP contribution in [0.4, 0.5) is 0 Å². The summed E-state index contributed by atoms with van der Waals surface area (Å²) in [5, 5.41) is 15.9. The number of hydrogen-bond donors (Lipinski definition) is 3. The monoisotopic (exact) mass is 408 g/mol. The highest BCUT2D eigenvalue weighted by Gasteiger charge is 2.18. The minimum atomic E-state index is -3.81. The molecule has 0 saturated carbocycles. The lowest BCUT2D eigenvalue weighted by molar-refractivity contribution is -0.136. The van der Waals surface area contributed by atoms with Crippen molar-refractivity contribution in [3.63, 3.8) is 0 Å². The van der Waals surface area contributed by atoms with Crippen LogP contribution >= 0.6 is 0 Å². The lowest BCUT2D eigenvalue weighted by Gasteiger charge is -2.21. The smallest absolute Gasteiger partial charge is 0.304 e. The molecule has 28 heavy (non-hydrogen) atoms. The van der Waals surface area contributed by atoms with Gasteiger partial charge in [0.1, 0.15) is 0 Å². The average Bonchev–Trinajstić information content (AvgIpc) is 3.16. The van der Waals surface area contributed by atoms with Crippen LogP contribution in [0.1, 0.15) is 31.6 Å². The molecular formula is C18H24N4O5S. The standard InChI is InChI=1S/C18H24N4O5S/c23-17(24)8-11-20-28(25,26)15-3-1-2-14(12-15)18-21-16(27-22-18)5-4-13-6-9-19-10-7-13/h1-3,12-13,19-20H,4-11H2,(H,23,24). The van der Waals surface area contributed by atoms with Crippen molar-refractivity contribution in [2.24, 2.45) is 5.92 Å². The minimum Gasteiger partial charge on any atom is -0.481 e. The Bertz CT molecular complexity index is 906. The highest BCUT2D eigenvalue weighted by molar-refractivity contribution is 7.89. The zero-order chi connectivity index (χ0) is 20.0. The summed E-state index contributed by atoms with van der Waals surface area (Å²) in [5.74, 6) is 0.464. The first-order chi connectivity index (χ1) is 13.4. The number of piperidine rings is 1. The molecule has 10 heteroatoms. The van der Waals surface area contributed by atoms with Crippen LogP contribution < -0.4 is 10.0 Å². The molecule has 1 aliphatic rings. The summed E-state index contributed by atoms with van der Waals surface area (Å²) in [5.41, 5.74) is 0.526. The summed E-state index contributed by atoms with van der Waals surface area (Å²) in [6.45, 7) is 1.91. The van der Waals surface area contributed by atoms with Crippen molar-refractivity contribution in [1.29, 1.82) is 0 Å². The Balaban J connectivity index is 1.65. The van der Waals surface area contributed by atoms with Gasteiger partial charge in [-0.15, -0.1) is 0 Å². The number of nitrogens with one attached hydrogen (secondary N) is 2. The van der Waals surface area contributed by atoms with Crippen LogP contribution in [-0.4, -0.2) is 49.3 Å². The Hall–Kier alpha value is -2.30. The normalized spacial score (nSPS) is 15.6. The molecule has 0 radical (unpaired) electrons. The zero-order valence-electron chi connectivity index (χ0n) is 15.4. The van der Waals surface area contributed by atoms with Crippen LogP contribution in [0.5, 0.6) is 0 Å². The van der Waals surface area contributed by atoms with E-state index in [2.05, 4.69) is 20.2 Å². The Morgan fingerprint density at radius 2 is 2.11 bits per heavy atom. The van der Waals surface area contributed by atoms with Gasteiger partial charge < -0.3 is 14.9 Å². The number of rotatable bonds is 9. The van der Waals surface area contributed by atoms with Gasteiger partial charge in [0.2, 0.25) is 21.7 Å². The van der Waals surface area contributed by atoms with E-state index in [1.807, 2.05) is 0 Å². The van der Waals surface area contributed by atoms with Crippen LogP contribution in [0.3, 0.4) is 0 Å². The van der Waals surface area contributed by atoms with Crippen molar-refractivity contribution in [2.75, 3.05) is 19.6 Å². The minimum absolute atomic E-state index is 0.0245. The largest absolute Gasteiger partial charge is 0.481 e. The molecule has 0 unspecified atom stereocenters. The van der Waals surface area contributed by atoms with Crippen LogP contribution in [0.25, 0.3) is 11.4 Å². The van der Waals surface area contributed by atoms with Gasteiger partial charge in [-0.05, 0) is 50.4 Å². The molecule has 0 amide bonds. The summed E-state index contributed by atoms with van der Waals surface area (Å²) in [6, 6.07) is 6.18. The Morgan fingerprint density at radius 1 is 1.32 bits per heavy atom. The fourth-order valence-corrected chi connectivity index (χ4v) is 4.23. The van der Waals surface area contributed by atoms with Crippen LogP contribution in [0, 0.1) is 5.92 Å². The van der Waals surface area contributed by atoms with Gasteiger partial charge in [-0.3, -0.25) is 4.79 Å². The van der Waals surface area contributed by atoms with E-state index in [4.69, 9.17) is 9.63 Å². The molecule has 1 aliphatic heterocycles. The lowest BCUT2D eigenvalue weighted by atomic mass is 9.93. The molecule has 2 heterocycles. The second kappa shape index (κ2) is 9.26. The fraction of sp³-hybridized carbons (Fsp3) is 0.500. The second-order valence-electron chi connectivity index (χ2n) is 6.81. The first-order valence-corrected chi connectivity index (χ1v) is 10.8. The number of aliphatic carboxylic acids is 1. The number of benzene rings is 1. The molecule has 1 fully saturated rings. The van der Waals surface area contributed by atoms with Gasteiger partial charge in [0.05, 0.1) is 11.3 Å². The maximum Gasteiger partial charge on any atom is 0.304 e. The molecular weight excluding hydrogens is 384 g/mol. The maximum atomic E-state index is 12.3. The number of aryl methyl sites for hydroxylation is 1. The Morgan fingerprint density at radius 3 is 2.86 bits per heavy atom. The molecule has 0 spiro atoms. The summed E-state index contributed by atoms with van der Waals surface area (Å²) < 4.78 is 32.2. The van der Waals surface area contributed by atoms with Crippen LogP contribution in [0.2, 0.25) is 0 Å². The van der Waals surface area contributed by atoms with Crippen molar-refractivity contribution >= 4 is 16.0 Å². The second-order valence-corrected chi connectivity index (χ2v) is 8.58. The fourth-order valence-electron chi connectivity index (χ4n) is 3.15. The van der Waals surface area contributed by atoms with Crippen molar-refractivity contribution < 1.29 is 22.8 Å². The molecule has 0 atom stereocenters. The number of aromatic nitrogens is 2. The van der Waals surface area contributed by atoms with Crippen molar-refractivity contribution in [3.8, 4) is 11.4 Å². The number of sulfonamides is 1. The average molecular weight is 408 g/mol. The van der Waals surface area contributed by atoms with Gasteiger partial charge in [-0.25, -0.2) is 13.1 Å². The van der Waals surface area contributed by atoms with Gasteiger partial charge in [0, 0.05) is 18.5 Å². The lowest BCUT2D eigenvalue weighted by Crippen LogP contribution is -2.27. The molecule has 0 aliphatic carbocycles. The van der Waals surface area contributed by atoms with Crippen LogP contribution in [-0.2, 0) is 21.2 Å². The van der Waals surface area contributed by atoms with E-state index in [-0.39, 0.29) is 17.9 Å². The van der Waals surface area contributed by atoms with Gasteiger partial charge in [0.25, 0.3) is 0 Å². The number of carboxylic acid groups (broad SMARTS) is 1. The highest BCUT2D eigenvalue weighted by atomic mass is 32.2. The van der Waals surface area contributed by atoms with Crippen molar-refractivity contribution in [3.05, 3.63) is 30.2 Å². The highest BCUT2D eigenvalue weighted by Crippen LogP contribution is 2.22. The quantitative estimate of drug-likeness (QED) is 0.567. The summed E-state index contributed by atoms with van der Waals surface area (Å²) in [7, 11) is -3.81. The number of hydrogen-bond acceptors (Lipinski definition) is 7. The van der Waals surface area contributed by atoms with E-state index in [1.54, 1.807) is 12.1 Å². The molecule has 152 valence electrons. The molecule has 1 saturated heterocycles. The van der Waals surface area contributed by atoms with E-state index in [1.165, 1.54) is 12.1 Å². The number of carbonyl (C=O) groups is 1. The molecule has 9 nitrogen and oxygen atoms in total. The number of carboxylic acids is 1. The van der Waals surface area contributed by atoms with E-state index in [0.29, 0.717) is 29.6 Å². The van der Waals surface area contributed by atoms with Gasteiger partial charge in [-0.2, -0.15) is 4.98 Å². The zero-order valence-corrected chi connectivity index (χ0v) is 16.2.